The molecule has 0 N–H and O–H groups in total. The first-order valence-electron chi connectivity index (χ1n) is 8.06. The summed E-state index contributed by atoms with van der Waals surface area (Å²) in [5.41, 5.74) is 2.75. The van der Waals surface area contributed by atoms with Gasteiger partial charge in [0.05, 0.1) is 18.5 Å². The Hall–Kier alpha value is -2.86. The molecule has 3 rings (SSSR count). The third-order valence-electron chi connectivity index (χ3n) is 4.08. The van der Waals surface area contributed by atoms with Gasteiger partial charge in [0, 0.05) is 18.6 Å². The average Bonchev–Trinajstić information content (AvgIpc) is 3.03. The first-order valence-corrected chi connectivity index (χ1v) is 8.44. The van der Waals surface area contributed by atoms with Crippen LogP contribution in [-0.2, 0) is 6.54 Å². The molecular weight excluding hydrogens is 352 g/mol. The Morgan fingerprint density at radius 3 is 2.62 bits per heavy atom. The Balaban J connectivity index is 1.79. The largest absolute Gasteiger partial charge is 0.497 e. The summed E-state index contributed by atoms with van der Waals surface area (Å²) in [6.07, 6.45) is 0. The molecule has 3 aromatic rings. The van der Waals surface area contributed by atoms with Gasteiger partial charge in [-0.3, -0.25) is 4.79 Å². The highest BCUT2D eigenvalue weighted by molar-refractivity contribution is 6.30. The van der Waals surface area contributed by atoms with Gasteiger partial charge in [-0.2, -0.15) is 0 Å². The van der Waals surface area contributed by atoms with Gasteiger partial charge in [0.25, 0.3) is 5.91 Å². The summed E-state index contributed by atoms with van der Waals surface area (Å²) in [5.74, 6) is 0.592. The predicted octanol–water partition coefficient (Wildman–Crippen LogP) is 3.51. The van der Waals surface area contributed by atoms with Crippen molar-refractivity contribution in [2.24, 2.45) is 0 Å². The topological polar surface area (TPSA) is 60.2 Å². The van der Waals surface area contributed by atoms with E-state index < -0.39 is 0 Å². The van der Waals surface area contributed by atoms with Crippen molar-refractivity contribution in [3.63, 3.8) is 0 Å². The van der Waals surface area contributed by atoms with Crippen LogP contribution in [0.3, 0.4) is 0 Å². The third kappa shape index (κ3) is 3.70. The van der Waals surface area contributed by atoms with Crippen LogP contribution in [0.4, 0.5) is 0 Å². The molecule has 1 heterocycles. The first kappa shape index (κ1) is 17.9. The Kier molecular flexibility index (Phi) is 5.23. The summed E-state index contributed by atoms with van der Waals surface area (Å²) in [7, 11) is 3.36. The van der Waals surface area contributed by atoms with Crippen molar-refractivity contribution in [1.29, 1.82) is 0 Å². The molecule has 7 heteroatoms. The highest BCUT2D eigenvalue weighted by Gasteiger charge is 2.21. The standard InChI is InChI=1S/C19H19ClN4O2/c1-13-18(21-22-24(13)16-6-4-5-15(20)11-16)19(25)23(2)12-14-7-9-17(26-3)10-8-14/h4-11H,12H2,1-3H3. The molecular formula is C19H19ClN4O2. The number of hydrogen-bond acceptors (Lipinski definition) is 4. The van der Waals surface area contributed by atoms with Crippen LogP contribution >= 0.6 is 11.6 Å². The van der Waals surface area contributed by atoms with Crippen molar-refractivity contribution in [3.8, 4) is 11.4 Å². The van der Waals surface area contributed by atoms with Gasteiger partial charge in [-0.05, 0) is 42.8 Å². The number of methoxy groups -OCH3 is 1. The SMILES string of the molecule is COc1ccc(CN(C)C(=O)c2nnn(-c3cccc(Cl)c3)c2C)cc1. The van der Waals surface area contributed by atoms with Gasteiger partial charge in [0.15, 0.2) is 5.69 Å². The summed E-state index contributed by atoms with van der Waals surface area (Å²) < 4.78 is 6.76. The van der Waals surface area contributed by atoms with Gasteiger partial charge < -0.3 is 9.64 Å². The van der Waals surface area contributed by atoms with E-state index in [1.807, 2.05) is 43.3 Å². The van der Waals surface area contributed by atoms with Gasteiger partial charge in [0.1, 0.15) is 5.75 Å². The molecule has 0 saturated carbocycles. The van der Waals surface area contributed by atoms with Gasteiger partial charge >= 0.3 is 0 Å². The summed E-state index contributed by atoms with van der Waals surface area (Å²) >= 11 is 6.03. The zero-order valence-electron chi connectivity index (χ0n) is 14.8. The Bertz CT molecular complexity index is 922. The maximum atomic E-state index is 12.8. The van der Waals surface area contributed by atoms with Gasteiger partial charge in [0.2, 0.25) is 0 Å². The zero-order chi connectivity index (χ0) is 18.7. The second-order valence-electron chi connectivity index (χ2n) is 5.92. The summed E-state index contributed by atoms with van der Waals surface area (Å²) in [4.78, 5) is 14.4. The van der Waals surface area contributed by atoms with Crippen LogP contribution < -0.4 is 4.74 Å². The molecule has 26 heavy (non-hydrogen) atoms. The molecule has 0 fully saturated rings. The zero-order valence-corrected chi connectivity index (χ0v) is 15.6. The van der Waals surface area contributed by atoms with Crippen LogP contribution in [0.5, 0.6) is 5.75 Å². The van der Waals surface area contributed by atoms with E-state index in [1.165, 1.54) is 0 Å². The first-order chi connectivity index (χ1) is 12.5. The molecule has 0 aliphatic carbocycles. The van der Waals surface area contributed by atoms with E-state index >= 15 is 0 Å². The van der Waals surface area contributed by atoms with Gasteiger partial charge in [-0.25, -0.2) is 4.68 Å². The van der Waals surface area contributed by atoms with E-state index in [9.17, 15) is 4.79 Å². The number of carbonyl (C=O) groups excluding carboxylic acids is 1. The lowest BCUT2D eigenvalue weighted by Crippen LogP contribution is -2.27. The maximum Gasteiger partial charge on any atom is 0.276 e. The molecule has 0 bridgehead atoms. The molecule has 1 aromatic heterocycles. The number of aromatic nitrogens is 3. The number of carbonyl (C=O) groups is 1. The van der Waals surface area contributed by atoms with Crippen molar-refractivity contribution >= 4 is 17.5 Å². The van der Waals surface area contributed by atoms with Gasteiger partial charge in [-0.1, -0.05) is 35.0 Å². The molecule has 0 aliphatic heterocycles. The third-order valence-corrected chi connectivity index (χ3v) is 4.31. The molecule has 0 atom stereocenters. The monoisotopic (exact) mass is 370 g/mol. The molecule has 0 aliphatic rings. The summed E-state index contributed by atoms with van der Waals surface area (Å²) in [5, 5.41) is 8.77. The molecule has 0 saturated heterocycles. The fraction of sp³-hybridized carbons (Fsp3) is 0.211. The quantitative estimate of drug-likeness (QED) is 0.689. The number of ether oxygens (including phenoxy) is 1. The molecule has 0 radical (unpaired) electrons. The van der Waals surface area contributed by atoms with Crippen LogP contribution in [0.25, 0.3) is 5.69 Å². The number of nitrogens with zero attached hydrogens (tertiary/aromatic N) is 4. The minimum absolute atomic E-state index is 0.188. The molecule has 6 nitrogen and oxygen atoms in total. The van der Waals surface area contributed by atoms with Crippen molar-refractivity contribution in [3.05, 3.63) is 70.5 Å². The van der Waals surface area contributed by atoms with E-state index in [0.29, 0.717) is 23.0 Å². The lowest BCUT2D eigenvalue weighted by Gasteiger charge is -2.16. The Morgan fingerprint density at radius 1 is 1.23 bits per heavy atom. The molecule has 134 valence electrons. The minimum atomic E-state index is -0.188. The van der Waals surface area contributed by atoms with E-state index in [-0.39, 0.29) is 5.91 Å². The Morgan fingerprint density at radius 2 is 1.96 bits per heavy atom. The second kappa shape index (κ2) is 7.58. The number of amides is 1. The Labute approximate surface area is 157 Å². The fourth-order valence-electron chi connectivity index (χ4n) is 2.64. The molecule has 1 amide bonds. The van der Waals surface area contributed by atoms with Gasteiger partial charge in [-0.15, -0.1) is 5.10 Å². The van der Waals surface area contributed by atoms with E-state index in [1.54, 1.807) is 35.9 Å². The van der Waals surface area contributed by atoms with Crippen LogP contribution in [0.15, 0.2) is 48.5 Å². The van der Waals surface area contributed by atoms with E-state index in [4.69, 9.17) is 16.3 Å². The van der Waals surface area contributed by atoms with Crippen molar-refractivity contribution in [1.82, 2.24) is 19.9 Å². The minimum Gasteiger partial charge on any atom is -0.497 e. The number of benzene rings is 2. The van der Waals surface area contributed by atoms with Crippen LogP contribution in [0.1, 0.15) is 21.7 Å². The lowest BCUT2D eigenvalue weighted by molar-refractivity contribution is 0.0778. The van der Waals surface area contributed by atoms with Crippen LogP contribution in [0, 0.1) is 6.92 Å². The number of halogens is 1. The van der Waals surface area contributed by atoms with Crippen molar-refractivity contribution < 1.29 is 9.53 Å². The number of hydrogen-bond donors (Lipinski definition) is 0. The lowest BCUT2D eigenvalue weighted by atomic mass is 10.2. The maximum absolute atomic E-state index is 12.8. The summed E-state index contributed by atoms with van der Waals surface area (Å²) in [6, 6.07) is 14.8. The van der Waals surface area contributed by atoms with Crippen LogP contribution in [-0.4, -0.2) is 40.0 Å². The highest BCUT2D eigenvalue weighted by Crippen LogP contribution is 2.18. The predicted molar refractivity (Wildman–Crippen MR) is 99.9 cm³/mol. The van der Waals surface area contributed by atoms with Crippen molar-refractivity contribution in [2.45, 2.75) is 13.5 Å². The van der Waals surface area contributed by atoms with E-state index in [0.717, 1.165) is 17.0 Å². The highest BCUT2D eigenvalue weighted by atomic mass is 35.5. The second-order valence-corrected chi connectivity index (χ2v) is 6.36. The normalized spacial score (nSPS) is 10.6. The fourth-order valence-corrected chi connectivity index (χ4v) is 2.82. The van der Waals surface area contributed by atoms with Crippen molar-refractivity contribution in [2.75, 3.05) is 14.2 Å². The van der Waals surface area contributed by atoms with E-state index in [2.05, 4.69) is 10.3 Å². The molecule has 0 spiro atoms. The molecule has 2 aromatic carbocycles. The summed E-state index contributed by atoms with van der Waals surface area (Å²) in [6.45, 7) is 2.28. The smallest absolute Gasteiger partial charge is 0.276 e. The average molecular weight is 371 g/mol. The van der Waals surface area contributed by atoms with Crippen LogP contribution in [0.2, 0.25) is 5.02 Å². The molecule has 0 unspecified atom stereocenters. The number of rotatable bonds is 5.